The Morgan fingerprint density at radius 3 is 3.15 bits per heavy atom. The molecule has 0 spiro atoms. The number of tetrazole rings is 1. The zero-order valence-corrected chi connectivity index (χ0v) is 7.45. The monoisotopic (exact) mass is 179 g/mol. The first kappa shape index (κ1) is 7.44. The Bertz CT molecular complexity index is 291. The number of hydrogen-bond acceptors (Lipinski definition) is 4. The van der Waals surface area contributed by atoms with E-state index in [0.717, 1.165) is 18.7 Å². The van der Waals surface area contributed by atoms with E-state index in [1.54, 1.807) is 0 Å². The second-order valence-corrected chi connectivity index (χ2v) is 4.09. The standard InChI is InChI=1S/C8H13N5/c1-2-6-3-5-8(4-1,9-6)7-10-12-13-11-7/h6,9H,1-5H2,(H,10,11,12,13). The molecule has 5 nitrogen and oxygen atoms in total. The first-order valence-electron chi connectivity index (χ1n) is 4.91. The third kappa shape index (κ3) is 0.997. The van der Waals surface area contributed by atoms with Crippen molar-refractivity contribution in [2.24, 2.45) is 0 Å². The van der Waals surface area contributed by atoms with E-state index in [2.05, 4.69) is 25.9 Å². The Hall–Kier alpha value is -0.970. The summed E-state index contributed by atoms with van der Waals surface area (Å²) in [6.07, 6.45) is 6.17. The smallest absolute Gasteiger partial charge is 0.194 e. The minimum absolute atomic E-state index is 0.0515. The third-order valence-electron chi connectivity index (χ3n) is 3.33. The molecule has 1 aromatic rings. The molecule has 0 radical (unpaired) electrons. The Balaban J connectivity index is 1.97. The second kappa shape index (κ2) is 2.51. The molecule has 2 fully saturated rings. The van der Waals surface area contributed by atoms with Gasteiger partial charge in [-0.15, -0.1) is 10.2 Å². The fourth-order valence-corrected chi connectivity index (χ4v) is 2.67. The molecule has 2 bridgehead atoms. The molecule has 3 heterocycles. The van der Waals surface area contributed by atoms with Gasteiger partial charge in [0, 0.05) is 6.04 Å². The number of aromatic nitrogens is 4. The Labute approximate surface area is 76.3 Å². The summed E-state index contributed by atoms with van der Waals surface area (Å²) in [4.78, 5) is 0. The number of nitrogens with zero attached hydrogens (tertiary/aromatic N) is 3. The highest BCUT2D eigenvalue weighted by Gasteiger charge is 2.45. The first-order chi connectivity index (χ1) is 6.39. The molecule has 0 aromatic carbocycles. The van der Waals surface area contributed by atoms with E-state index in [-0.39, 0.29) is 5.54 Å². The van der Waals surface area contributed by atoms with Gasteiger partial charge in [0.2, 0.25) is 0 Å². The van der Waals surface area contributed by atoms with Gasteiger partial charge >= 0.3 is 0 Å². The zero-order chi connectivity index (χ0) is 8.73. The average molecular weight is 179 g/mol. The van der Waals surface area contributed by atoms with Crippen molar-refractivity contribution < 1.29 is 0 Å². The molecular weight excluding hydrogens is 166 g/mol. The fraction of sp³-hybridized carbons (Fsp3) is 0.875. The molecule has 2 saturated heterocycles. The van der Waals surface area contributed by atoms with Crippen LogP contribution in [0.1, 0.15) is 37.9 Å². The summed E-state index contributed by atoms with van der Waals surface area (Å²) >= 11 is 0. The van der Waals surface area contributed by atoms with E-state index in [1.165, 1.54) is 19.3 Å². The normalized spacial score (nSPS) is 38.0. The number of hydrogen-bond donors (Lipinski definition) is 2. The third-order valence-corrected chi connectivity index (χ3v) is 3.33. The molecule has 13 heavy (non-hydrogen) atoms. The Kier molecular flexibility index (Phi) is 1.44. The van der Waals surface area contributed by atoms with E-state index in [1.807, 2.05) is 0 Å². The van der Waals surface area contributed by atoms with Crippen LogP contribution in [0.2, 0.25) is 0 Å². The molecule has 70 valence electrons. The van der Waals surface area contributed by atoms with Crippen LogP contribution in [0.15, 0.2) is 0 Å². The predicted octanol–water partition coefficient (Wildman–Crippen LogP) is 0.331. The van der Waals surface area contributed by atoms with Crippen LogP contribution in [0.4, 0.5) is 0 Å². The largest absolute Gasteiger partial charge is 0.302 e. The summed E-state index contributed by atoms with van der Waals surface area (Å²) in [5, 5.41) is 18.0. The van der Waals surface area contributed by atoms with Gasteiger partial charge in [-0.05, 0) is 32.1 Å². The van der Waals surface area contributed by atoms with Crippen LogP contribution in [0, 0.1) is 0 Å². The number of aromatic amines is 1. The van der Waals surface area contributed by atoms with Crippen molar-refractivity contribution in [2.45, 2.75) is 43.7 Å². The van der Waals surface area contributed by atoms with Gasteiger partial charge in [0.25, 0.3) is 0 Å². The van der Waals surface area contributed by atoms with Gasteiger partial charge in [0.1, 0.15) is 0 Å². The van der Waals surface area contributed by atoms with E-state index >= 15 is 0 Å². The van der Waals surface area contributed by atoms with Crippen molar-refractivity contribution in [1.82, 2.24) is 25.9 Å². The minimum atomic E-state index is 0.0515. The van der Waals surface area contributed by atoms with E-state index in [4.69, 9.17) is 0 Å². The lowest BCUT2D eigenvalue weighted by molar-refractivity contribution is 0.266. The maximum absolute atomic E-state index is 4.10. The maximum atomic E-state index is 4.10. The van der Waals surface area contributed by atoms with Crippen molar-refractivity contribution in [1.29, 1.82) is 0 Å². The van der Waals surface area contributed by atoms with Crippen LogP contribution in [-0.4, -0.2) is 26.7 Å². The maximum Gasteiger partial charge on any atom is 0.194 e. The lowest BCUT2D eigenvalue weighted by atomic mass is 9.90. The fourth-order valence-electron chi connectivity index (χ4n) is 2.67. The lowest BCUT2D eigenvalue weighted by Gasteiger charge is -2.31. The van der Waals surface area contributed by atoms with Crippen molar-refractivity contribution in [2.75, 3.05) is 0 Å². The zero-order valence-electron chi connectivity index (χ0n) is 7.45. The molecule has 0 aliphatic carbocycles. The SMILES string of the molecule is C1CC2CCC(c3nn[nH]n3)(C1)N2. The first-order valence-corrected chi connectivity index (χ1v) is 4.91. The van der Waals surface area contributed by atoms with Crippen LogP contribution in [0.25, 0.3) is 0 Å². The summed E-state index contributed by atoms with van der Waals surface area (Å²) in [6.45, 7) is 0. The van der Waals surface area contributed by atoms with Crippen LogP contribution in [0.3, 0.4) is 0 Å². The molecule has 0 amide bonds. The highest BCUT2D eigenvalue weighted by atomic mass is 15.5. The molecule has 1 aromatic heterocycles. The number of H-pyrrole nitrogens is 1. The quantitative estimate of drug-likeness (QED) is 0.652. The second-order valence-electron chi connectivity index (χ2n) is 4.09. The van der Waals surface area contributed by atoms with Gasteiger partial charge in [0.05, 0.1) is 5.54 Å². The van der Waals surface area contributed by atoms with Crippen molar-refractivity contribution in [3.05, 3.63) is 5.82 Å². The van der Waals surface area contributed by atoms with Gasteiger partial charge < -0.3 is 5.32 Å². The van der Waals surface area contributed by atoms with Gasteiger partial charge in [0.15, 0.2) is 5.82 Å². The van der Waals surface area contributed by atoms with Crippen LogP contribution in [-0.2, 0) is 5.54 Å². The highest BCUT2D eigenvalue weighted by Crippen LogP contribution is 2.40. The molecule has 2 aliphatic rings. The minimum Gasteiger partial charge on any atom is -0.302 e. The van der Waals surface area contributed by atoms with Crippen molar-refractivity contribution in [3.63, 3.8) is 0 Å². The predicted molar refractivity (Wildman–Crippen MR) is 45.9 cm³/mol. The number of fused-ring (bicyclic) bond motifs is 2. The van der Waals surface area contributed by atoms with E-state index in [9.17, 15) is 0 Å². The van der Waals surface area contributed by atoms with Crippen LogP contribution in [0.5, 0.6) is 0 Å². The molecule has 5 heteroatoms. The summed E-state index contributed by atoms with van der Waals surface area (Å²) in [7, 11) is 0. The highest BCUT2D eigenvalue weighted by molar-refractivity contribution is 5.10. The van der Waals surface area contributed by atoms with Gasteiger partial charge in [-0.25, -0.2) is 0 Å². The summed E-state index contributed by atoms with van der Waals surface area (Å²) in [5.41, 5.74) is 0.0515. The van der Waals surface area contributed by atoms with Gasteiger partial charge in [-0.2, -0.15) is 5.21 Å². The van der Waals surface area contributed by atoms with Crippen LogP contribution < -0.4 is 5.32 Å². The Morgan fingerprint density at radius 1 is 1.31 bits per heavy atom. The summed E-state index contributed by atoms with van der Waals surface area (Å²) in [6, 6.07) is 0.687. The lowest BCUT2D eigenvalue weighted by Crippen LogP contribution is -2.44. The van der Waals surface area contributed by atoms with Crippen molar-refractivity contribution in [3.8, 4) is 0 Å². The number of nitrogens with one attached hydrogen (secondary N) is 2. The molecule has 2 unspecified atom stereocenters. The molecule has 3 rings (SSSR count). The molecular formula is C8H13N5. The summed E-state index contributed by atoms with van der Waals surface area (Å²) in [5.74, 6) is 0.856. The molecule has 2 N–H and O–H groups in total. The topological polar surface area (TPSA) is 66.5 Å². The molecule has 2 atom stereocenters. The Morgan fingerprint density at radius 2 is 2.31 bits per heavy atom. The summed E-state index contributed by atoms with van der Waals surface area (Å²) < 4.78 is 0. The van der Waals surface area contributed by atoms with E-state index < -0.39 is 0 Å². The van der Waals surface area contributed by atoms with Gasteiger partial charge in [-0.3, -0.25) is 0 Å². The van der Waals surface area contributed by atoms with Gasteiger partial charge in [-0.1, -0.05) is 5.21 Å². The van der Waals surface area contributed by atoms with E-state index in [0.29, 0.717) is 6.04 Å². The van der Waals surface area contributed by atoms with Crippen LogP contribution >= 0.6 is 0 Å². The molecule has 2 aliphatic heterocycles. The molecule has 0 saturated carbocycles. The van der Waals surface area contributed by atoms with Crippen molar-refractivity contribution >= 4 is 0 Å². The number of piperidine rings is 1. The average Bonchev–Trinajstić information content (AvgIpc) is 2.75. The number of rotatable bonds is 1.